The highest BCUT2D eigenvalue weighted by molar-refractivity contribution is 9.10. The van der Waals surface area contributed by atoms with E-state index in [1.807, 2.05) is 24.3 Å². The second-order valence-corrected chi connectivity index (χ2v) is 4.54. The summed E-state index contributed by atoms with van der Waals surface area (Å²) in [6.07, 6.45) is 0.000741. The number of hydrogen-bond donors (Lipinski definition) is 0. The number of likely N-dealkylation sites (N-methyl/N-ethyl adjacent to an activating group) is 1. The normalized spacial score (nSPS) is 21.9. The fraction of sp³-hybridized carbons (Fsp3) is 0.364. The lowest BCUT2D eigenvalue weighted by atomic mass is 10.1. The summed E-state index contributed by atoms with van der Waals surface area (Å²) in [5, 5.41) is 0. The van der Waals surface area contributed by atoms with Gasteiger partial charge in [-0.25, -0.2) is 0 Å². The summed E-state index contributed by atoms with van der Waals surface area (Å²) >= 11 is 3.39. The third-order valence-electron chi connectivity index (χ3n) is 2.52. The number of benzene rings is 1. The quantitative estimate of drug-likeness (QED) is 0.781. The third-order valence-corrected chi connectivity index (χ3v) is 3.04. The maximum atomic E-state index is 11.2. The number of carbonyl (C=O) groups excluding carboxylic acids is 1. The van der Waals surface area contributed by atoms with Gasteiger partial charge in [0.15, 0.2) is 0 Å². The molecule has 1 amide bonds. The first kappa shape index (κ1) is 10.6. The SMILES string of the molecule is CN1C[C@@H](c2ccc(Br)cc2)OCC1=O. The summed E-state index contributed by atoms with van der Waals surface area (Å²) in [6, 6.07) is 7.99. The number of carbonyl (C=O) groups is 1. The summed E-state index contributed by atoms with van der Waals surface area (Å²) in [6.45, 7) is 0.803. The molecule has 1 aliphatic heterocycles. The van der Waals surface area contributed by atoms with Crippen LogP contribution in [0, 0.1) is 0 Å². The van der Waals surface area contributed by atoms with Gasteiger partial charge in [0.1, 0.15) is 12.7 Å². The van der Waals surface area contributed by atoms with Gasteiger partial charge in [0, 0.05) is 11.5 Å². The molecule has 1 fully saturated rings. The molecular formula is C11H12BrNO2. The molecule has 1 atom stereocenters. The van der Waals surface area contributed by atoms with E-state index < -0.39 is 0 Å². The fourth-order valence-electron chi connectivity index (χ4n) is 1.56. The van der Waals surface area contributed by atoms with Crippen LogP contribution >= 0.6 is 15.9 Å². The molecule has 1 aromatic rings. The molecule has 1 aromatic carbocycles. The molecule has 3 nitrogen and oxygen atoms in total. The molecule has 0 unspecified atom stereocenters. The Kier molecular flexibility index (Phi) is 3.07. The van der Waals surface area contributed by atoms with Crippen molar-refractivity contribution in [3.63, 3.8) is 0 Å². The molecule has 1 saturated heterocycles. The Morgan fingerprint density at radius 3 is 2.67 bits per heavy atom. The van der Waals surface area contributed by atoms with Crippen LogP contribution in [0.15, 0.2) is 28.7 Å². The molecule has 0 radical (unpaired) electrons. The van der Waals surface area contributed by atoms with Crippen LogP contribution in [0.5, 0.6) is 0 Å². The predicted octanol–water partition coefficient (Wildman–Crippen LogP) is 1.98. The molecule has 2 rings (SSSR count). The van der Waals surface area contributed by atoms with Gasteiger partial charge in [-0.3, -0.25) is 4.79 Å². The molecule has 1 aliphatic rings. The Morgan fingerprint density at radius 1 is 1.40 bits per heavy atom. The monoisotopic (exact) mass is 269 g/mol. The number of morpholine rings is 1. The molecule has 1 heterocycles. The maximum absolute atomic E-state index is 11.2. The minimum absolute atomic E-state index is 0.000741. The van der Waals surface area contributed by atoms with Gasteiger partial charge < -0.3 is 9.64 Å². The highest BCUT2D eigenvalue weighted by Gasteiger charge is 2.24. The number of halogens is 1. The van der Waals surface area contributed by atoms with Crippen LogP contribution in [0.1, 0.15) is 11.7 Å². The summed E-state index contributed by atoms with van der Waals surface area (Å²) in [5.74, 6) is 0.0448. The average Bonchev–Trinajstić information content (AvgIpc) is 2.23. The first-order chi connectivity index (χ1) is 7.16. The summed E-state index contributed by atoms with van der Waals surface area (Å²) in [4.78, 5) is 12.9. The minimum Gasteiger partial charge on any atom is -0.362 e. The topological polar surface area (TPSA) is 29.5 Å². The molecule has 4 heteroatoms. The Labute approximate surface area is 97.2 Å². The van der Waals surface area contributed by atoms with E-state index in [1.54, 1.807) is 11.9 Å². The van der Waals surface area contributed by atoms with Crippen LogP contribution in [-0.2, 0) is 9.53 Å². The van der Waals surface area contributed by atoms with Gasteiger partial charge in [-0.05, 0) is 17.7 Å². The van der Waals surface area contributed by atoms with Gasteiger partial charge in [0.25, 0.3) is 0 Å². The number of hydrogen-bond acceptors (Lipinski definition) is 2. The van der Waals surface area contributed by atoms with Gasteiger partial charge in [-0.1, -0.05) is 28.1 Å². The zero-order chi connectivity index (χ0) is 10.8. The third kappa shape index (κ3) is 2.38. The molecule has 80 valence electrons. The molecule has 0 N–H and O–H groups in total. The minimum atomic E-state index is 0.000741. The summed E-state index contributed by atoms with van der Waals surface area (Å²) in [7, 11) is 1.80. The smallest absolute Gasteiger partial charge is 0.248 e. The molecule has 15 heavy (non-hydrogen) atoms. The predicted molar refractivity (Wildman–Crippen MR) is 60.5 cm³/mol. The van der Waals surface area contributed by atoms with Crippen molar-refractivity contribution in [2.45, 2.75) is 6.10 Å². The molecule has 0 aromatic heterocycles. The van der Waals surface area contributed by atoms with Crippen molar-refractivity contribution in [3.8, 4) is 0 Å². The second kappa shape index (κ2) is 4.33. The summed E-state index contributed by atoms with van der Waals surface area (Å²) in [5.41, 5.74) is 1.11. The number of ether oxygens (including phenoxy) is 1. The zero-order valence-corrected chi connectivity index (χ0v) is 10.0. The van der Waals surface area contributed by atoms with Crippen molar-refractivity contribution in [1.29, 1.82) is 0 Å². The molecule has 0 aliphatic carbocycles. The van der Waals surface area contributed by atoms with Crippen LogP contribution in [0.3, 0.4) is 0 Å². The standard InChI is InChI=1S/C11H12BrNO2/c1-13-6-10(15-7-11(13)14)8-2-4-9(12)5-3-8/h2-5,10H,6-7H2,1H3/t10-/m0/s1. The van der Waals surface area contributed by atoms with Gasteiger partial charge in [-0.2, -0.15) is 0 Å². The van der Waals surface area contributed by atoms with Gasteiger partial charge in [-0.15, -0.1) is 0 Å². The lowest BCUT2D eigenvalue weighted by Crippen LogP contribution is -2.40. The lowest BCUT2D eigenvalue weighted by Gasteiger charge is -2.30. The lowest BCUT2D eigenvalue weighted by molar-refractivity contribution is -0.147. The Hall–Kier alpha value is -0.870. The molecule has 0 saturated carbocycles. The van der Waals surface area contributed by atoms with Gasteiger partial charge in [0.05, 0.1) is 6.54 Å². The maximum Gasteiger partial charge on any atom is 0.248 e. The molecular weight excluding hydrogens is 258 g/mol. The first-order valence-corrected chi connectivity index (χ1v) is 5.57. The van der Waals surface area contributed by atoms with E-state index in [1.165, 1.54) is 0 Å². The molecule has 0 spiro atoms. The Bertz CT molecular complexity index is 363. The number of rotatable bonds is 1. The van der Waals surface area contributed by atoms with Crippen LogP contribution in [0.25, 0.3) is 0 Å². The van der Waals surface area contributed by atoms with E-state index in [9.17, 15) is 4.79 Å². The van der Waals surface area contributed by atoms with Crippen molar-refractivity contribution in [1.82, 2.24) is 4.90 Å². The van der Waals surface area contributed by atoms with E-state index in [-0.39, 0.29) is 18.6 Å². The Morgan fingerprint density at radius 2 is 2.07 bits per heavy atom. The van der Waals surface area contributed by atoms with Crippen LogP contribution in [0.2, 0.25) is 0 Å². The largest absolute Gasteiger partial charge is 0.362 e. The zero-order valence-electron chi connectivity index (χ0n) is 8.44. The highest BCUT2D eigenvalue weighted by atomic mass is 79.9. The second-order valence-electron chi connectivity index (χ2n) is 3.63. The van der Waals surface area contributed by atoms with Gasteiger partial charge in [0.2, 0.25) is 5.91 Å². The van der Waals surface area contributed by atoms with Crippen molar-refractivity contribution in [2.75, 3.05) is 20.2 Å². The average molecular weight is 270 g/mol. The van der Waals surface area contributed by atoms with Crippen molar-refractivity contribution in [3.05, 3.63) is 34.3 Å². The van der Waals surface area contributed by atoms with E-state index in [0.29, 0.717) is 6.54 Å². The van der Waals surface area contributed by atoms with Crippen LogP contribution < -0.4 is 0 Å². The Balaban J connectivity index is 2.12. The van der Waals surface area contributed by atoms with Gasteiger partial charge >= 0.3 is 0 Å². The van der Waals surface area contributed by atoms with E-state index in [4.69, 9.17) is 4.74 Å². The highest BCUT2D eigenvalue weighted by Crippen LogP contribution is 2.23. The van der Waals surface area contributed by atoms with Crippen molar-refractivity contribution < 1.29 is 9.53 Å². The number of amides is 1. The van der Waals surface area contributed by atoms with Crippen LogP contribution in [-0.4, -0.2) is 31.0 Å². The summed E-state index contributed by atoms with van der Waals surface area (Å²) < 4.78 is 6.53. The number of nitrogens with zero attached hydrogens (tertiary/aromatic N) is 1. The van der Waals surface area contributed by atoms with E-state index in [0.717, 1.165) is 10.0 Å². The first-order valence-electron chi connectivity index (χ1n) is 4.78. The fourth-order valence-corrected chi connectivity index (χ4v) is 1.83. The van der Waals surface area contributed by atoms with Crippen molar-refractivity contribution in [2.24, 2.45) is 0 Å². The van der Waals surface area contributed by atoms with E-state index >= 15 is 0 Å². The van der Waals surface area contributed by atoms with E-state index in [2.05, 4.69) is 15.9 Å². The van der Waals surface area contributed by atoms with Crippen molar-refractivity contribution >= 4 is 21.8 Å². The molecule has 0 bridgehead atoms. The van der Waals surface area contributed by atoms with Crippen LogP contribution in [0.4, 0.5) is 0 Å².